The first-order chi connectivity index (χ1) is 8.76. The van der Waals surface area contributed by atoms with E-state index in [0.29, 0.717) is 6.04 Å². The van der Waals surface area contributed by atoms with Crippen LogP contribution >= 0.6 is 15.9 Å². The second kappa shape index (κ2) is 5.02. The molecule has 0 amide bonds. The van der Waals surface area contributed by atoms with Gasteiger partial charge in [-0.15, -0.1) is 0 Å². The number of hydrogen-bond donors (Lipinski definition) is 1. The van der Waals surface area contributed by atoms with Crippen molar-refractivity contribution in [3.63, 3.8) is 0 Å². The van der Waals surface area contributed by atoms with Crippen molar-refractivity contribution in [2.45, 2.75) is 31.7 Å². The van der Waals surface area contributed by atoms with Crippen molar-refractivity contribution >= 4 is 26.8 Å². The number of aromatic nitrogens is 2. The van der Waals surface area contributed by atoms with Crippen molar-refractivity contribution < 1.29 is 0 Å². The van der Waals surface area contributed by atoms with E-state index in [-0.39, 0.29) is 0 Å². The molecule has 1 fully saturated rings. The molecule has 1 aromatic heterocycles. The average molecular weight is 308 g/mol. The molecule has 2 aromatic rings. The Balaban J connectivity index is 1.82. The molecule has 0 atom stereocenters. The Hall–Kier alpha value is -0.870. The van der Waals surface area contributed by atoms with Gasteiger partial charge >= 0.3 is 0 Å². The molecule has 1 aliphatic carbocycles. The fraction of sp³-hybridized carbons (Fsp3) is 0.500. The van der Waals surface area contributed by atoms with Crippen molar-refractivity contribution in [2.75, 3.05) is 6.54 Å². The van der Waals surface area contributed by atoms with Crippen molar-refractivity contribution in [3.8, 4) is 0 Å². The van der Waals surface area contributed by atoms with E-state index in [1.807, 2.05) is 0 Å². The van der Waals surface area contributed by atoms with E-state index in [4.69, 9.17) is 10.8 Å². The molecule has 4 heteroatoms. The summed E-state index contributed by atoms with van der Waals surface area (Å²) in [6, 6.07) is 6.82. The minimum Gasteiger partial charge on any atom is -0.330 e. The molecule has 2 N–H and O–H groups in total. The van der Waals surface area contributed by atoms with Crippen LogP contribution in [0.15, 0.2) is 28.9 Å². The van der Waals surface area contributed by atoms with Crippen molar-refractivity contribution in [2.24, 2.45) is 11.7 Å². The van der Waals surface area contributed by atoms with E-state index in [1.54, 1.807) is 0 Å². The summed E-state index contributed by atoms with van der Waals surface area (Å²) in [6.07, 6.45) is 7.06. The van der Waals surface area contributed by atoms with Crippen molar-refractivity contribution in [1.29, 1.82) is 0 Å². The second-order valence-electron chi connectivity index (χ2n) is 5.22. The van der Waals surface area contributed by atoms with E-state index in [0.717, 1.165) is 22.5 Å². The standard InChI is InChI=1S/C14H18BrN3/c15-12-4-3-11-9-18(17-14(11)7-12)13-5-1-10(8-16)2-6-13/h3-4,7,9-10,13H,1-2,5-6,8,16H2/t10-,13-. The monoisotopic (exact) mass is 307 g/mol. The van der Waals surface area contributed by atoms with Gasteiger partial charge in [0.1, 0.15) is 0 Å². The highest BCUT2D eigenvalue weighted by Gasteiger charge is 2.22. The number of fused-ring (bicyclic) bond motifs is 1. The first kappa shape index (κ1) is 12.2. The van der Waals surface area contributed by atoms with Crippen LogP contribution in [-0.2, 0) is 0 Å². The first-order valence-corrected chi connectivity index (χ1v) is 7.40. The molecule has 0 radical (unpaired) electrons. The number of nitrogens with zero attached hydrogens (tertiary/aromatic N) is 2. The van der Waals surface area contributed by atoms with E-state index < -0.39 is 0 Å². The summed E-state index contributed by atoms with van der Waals surface area (Å²) in [5, 5.41) is 5.92. The minimum absolute atomic E-state index is 0.555. The van der Waals surface area contributed by atoms with Gasteiger partial charge in [-0.3, -0.25) is 4.68 Å². The first-order valence-electron chi connectivity index (χ1n) is 6.61. The van der Waals surface area contributed by atoms with Crippen LogP contribution in [-0.4, -0.2) is 16.3 Å². The molecule has 96 valence electrons. The lowest BCUT2D eigenvalue weighted by molar-refractivity contribution is 0.266. The third kappa shape index (κ3) is 2.31. The van der Waals surface area contributed by atoms with Gasteiger partial charge in [-0.05, 0) is 50.3 Å². The molecule has 1 heterocycles. The molecule has 1 saturated carbocycles. The van der Waals surface area contributed by atoms with Gasteiger partial charge < -0.3 is 5.73 Å². The summed E-state index contributed by atoms with van der Waals surface area (Å²) in [5.74, 6) is 0.723. The molecule has 0 unspecified atom stereocenters. The van der Waals surface area contributed by atoms with Crippen LogP contribution in [0.1, 0.15) is 31.7 Å². The van der Waals surface area contributed by atoms with Crippen molar-refractivity contribution in [3.05, 3.63) is 28.9 Å². The Morgan fingerprint density at radius 2 is 2.06 bits per heavy atom. The summed E-state index contributed by atoms with van der Waals surface area (Å²) in [4.78, 5) is 0. The largest absolute Gasteiger partial charge is 0.330 e. The van der Waals surface area contributed by atoms with Crippen LogP contribution in [0.5, 0.6) is 0 Å². The fourth-order valence-electron chi connectivity index (χ4n) is 2.84. The van der Waals surface area contributed by atoms with Crippen LogP contribution in [0.3, 0.4) is 0 Å². The summed E-state index contributed by atoms with van der Waals surface area (Å²) < 4.78 is 3.25. The molecule has 3 rings (SSSR count). The molecule has 0 bridgehead atoms. The highest BCUT2D eigenvalue weighted by Crippen LogP contribution is 2.32. The zero-order valence-corrected chi connectivity index (χ0v) is 11.9. The molecular weight excluding hydrogens is 290 g/mol. The Labute approximate surface area is 115 Å². The number of rotatable bonds is 2. The zero-order valence-electron chi connectivity index (χ0n) is 10.3. The molecule has 0 saturated heterocycles. The molecule has 0 aliphatic heterocycles. The summed E-state index contributed by atoms with van der Waals surface area (Å²) in [7, 11) is 0. The Bertz CT molecular complexity index is 541. The van der Waals surface area contributed by atoms with E-state index in [1.165, 1.54) is 31.1 Å². The maximum absolute atomic E-state index is 5.74. The molecule has 18 heavy (non-hydrogen) atoms. The summed E-state index contributed by atoms with van der Waals surface area (Å²) >= 11 is 3.49. The van der Waals surface area contributed by atoms with Gasteiger partial charge in [0.2, 0.25) is 0 Å². The van der Waals surface area contributed by atoms with Crippen LogP contribution in [0.2, 0.25) is 0 Å². The SMILES string of the molecule is NC[C@H]1CC[C@H](n2cc3ccc(Br)cc3n2)CC1. The maximum atomic E-state index is 5.74. The molecule has 1 aromatic carbocycles. The normalized spacial score (nSPS) is 24.6. The quantitative estimate of drug-likeness (QED) is 0.923. The summed E-state index contributed by atoms with van der Waals surface area (Å²) in [6.45, 7) is 0.834. The average Bonchev–Trinajstić information content (AvgIpc) is 2.81. The van der Waals surface area contributed by atoms with Crippen LogP contribution < -0.4 is 5.73 Å². The maximum Gasteiger partial charge on any atom is 0.0934 e. The van der Waals surface area contributed by atoms with Gasteiger partial charge in [-0.1, -0.05) is 22.0 Å². The van der Waals surface area contributed by atoms with E-state index >= 15 is 0 Å². The van der Waals surface area contributed by atoms with E-state index in [2.05, 4.69) is 45.0 Å². The number of nitrogens with two attached hydrogens (primary N) is 1. The van der Waals surface area contributed by atoms with Gasteiger partial charge in [-0.2, -0.15) is 5.10 Å². The van der Waals surface area contributed by atoms with Crippen LogP contribution in [0, 0.1) is 5.92 Å². The smallest absolute Gasteiger partial charge is 0.0934 e. The predicted molar refractivity (Wildman–Crippen MR) is 77.5 cm³/mol. The second-order valence-corrected chi connectivity index (χ2v) is 6.14. The predicted octanol–water partition coefficient (Wildman–Crippen LogP) is 3.49. The van der Waals surface area contributed by atoms with Crippen molar-refractivity contribution in [1.82, 2.24) is 9.78 Å². The minimum atomic E-state index is 0.555. The van der Waals surface area contributed by atoms with Crippen LogP contribution in [0.25, 0.3) is 10.9 Å². The van der Waals surface area contributed by atoms with Gasteiger partial charge in [0.25, 0.3) is 0 Å². The summed E-state index contributed by atoms with van der Waals surface area (Å²) in [5.41, 5.74) is 6.81. The number of halogens is 1. The highest BCUT2D eigenvalue weighted by atomic mass is 79.9. The van der Waals surface area contributed by atoms with E-state index in [9.17, 15) is 0 Å². The van der Waals surface area contributed by atoms with Gasteiger partial charge in [0.05, 0.1) is 11.6 Å². The molecular formula is C14H18BrN3. The topological polar surface area (TPSA) is 43.8 Å². The Morgan fingerprint density at radius 1 is 1.28 bits per heavy atom. The fourth-order valence-corrected chi connectivity index (χ4v) is 3.19. The third-order valence-corrected chi connectivity index (χ3v) is 4.50. The molecule has 1 aliphatic rings. The van der Waals surface area contributed by atoms with Gasteiger partial charge in [0.15, 0.2) is 0 Å². The third-order valence-electron chi connectivity index (χ3n) is 4.01. The highest BCUT2D eigenvalue weighted by molar-refractivity contribution is 9.10. The van der Waals surface area contributed by atoms with Gasteiger partial charge in [0, 0.05) is 16.1 Å². The zero-order chi connectivity index (χ0) is 12.5. The van der Waals surface area contributed by atoms with Gasteiger partial charge in [-0.25, -0.2) is 0 Å². The molecule has 0 spiro atoms. The number of hydrogen-bond acceptors (Lipinski definition) is 2. The lowest BCUT2D eigenvalue weighted by Crippen LogP contribution is -2.23. The Morgan fingerprint density at radius 3 is 2.78 bits per heavy atom. The number of benzene rings is 1. The lowest BCUT2D eigenvalue weighted by Gasteiger charge is -2.27. The lowest BCUT2D eigenvalue weighted by atomic mass is 9.86. The van der Waals surface area contributed by atoms with Crippen LogP contribution in [0.4, 0.5) is 0 Å². The molecule has 3 nitrogen and oxygen atoms in total. The Kier molecular flexibility index (Phi) is 3.39.